The second-order valence-electron chi connectivity index (χ2n) is 5.48. The lowest BCUT2D eigenvalue weighted by Crippen LogP contribution is -2.55. The van der Waals surface area contributed by atoms with Gasteiger partial charge in [-0.3, -0.25) is 4.79 Å². The lowest BCUT2D eigenvalue weighted by atomic mass is 9.96. The predicted octanol–water partition coefficient (Wildman–Crippen LogP) is 2.70. The third kappa shape index (κ3) is 3.64. The Bertz CT molecular complexity index is 279. The number of likely N-dealkylation sites (N-methyl/N-ethyl adjacent to an activating group) is 1. The van der Waals surface area contributed by atoms with Gasteiger partial charge in [-0.15, -0.1) is 0 Å². The van der Waals surface area contributed by atoms with Gasteiger partial charge in [-0.2, -0.15) is 11.8 Å². The molecule has 2 unspecified atom stereocenters. The van der Waals surface area contributed by atoms with Crippen molar-refractivity contribution < 1.29 is 9.53 Å². The van der Waals surface area contributed by atoms with Crippen LogP contribution in [0.1, 0.15) is 40.5 Å². The Morgan fingerprint density at radius 1 is 1.44 bits per heavy atom. The van der Waals surface area contributed by atoms with E-state index in [1.165, 1.54) is 0 Å². The highest BCUT2D eigenvalue weighted by Gasteiger charge is 2.51. The molecule has 0 amide bonds. The molecule has 0 aromatic rings. The van der Waals surface area contributed by atoms with Crippen molar-refractivity contribution in [3.63, 3.8) is 0 Å². The summed E-state index contributed by atoms with van der Waals surface area (Å²) in [5.74, 6) is 1.82. The Morgan fingerprint density at radius 3 is 2.44 bits per heavy atom. The Balaban J connectivity index is 2.68. The molecule has 4 heteroatoms. The fourth-order valence-corrected chi connectivity index (χ4v) is 3.42. The van der Waals surface area contributed by atoms with E-state index < -0.39 is 5.54 Å². The third-order valence-corrected chi connectivity index (χ3v) is 5.56. The summed E-state index contributed by atoms with van der Waals surface area (Å²) in [4.78, 5) is 12.3. The monoisotopic (exact) mass is 273 g/mol. The van der Waals surface area contributed by atoms with Gasteiger partial charge >= 0.3 is 5.97 Å². The number of carbonyl (C=O) groups excluding carboxylic acids is 1. The minimum Gasteiger partial charge on any atom is -0.465 e. The van der Waals surface area contributed by atoms with Gasteiger partial charge in [0.05, 0.1) is 6.61 Å². The maximum absolute atomic E-state index is 12.3. The first-order chi connectivity index (χ1) is 8.47. The summed E-state index contributed by atoms with van der Waals surface area (Å²) in [6, 6.07) is 0. The molecule has 1 fully saturated rings. The molecular formula is C14H27NO2S. The second-order valence-corrected chi connectivity index (χ2v) is 6.84. The van der Waals surface area contributed by atoms with E-state index in [1.54, 1.807) is 0 Å². The number of hydrogen-bond acceptors (Lipinski definition) is 4. The summed E-state index contributed by atoms with van der Waals surface area (Å²) in [6.45, 7) is 9.00. The van der Waals surface area contributed by atoms with E-state index in [4.69, 9.17) is 4.74 Å². The molecule has 1 rings (SSSR count). The lowest BCUT2D eigenvalue weighted by molar-refractivity contribution is -0.151. The molecule has 106 valence electrons. The first-order valence-electron chi connectivity index (χ1n) is 6.95. The van der Waals surface area contributed by atoms with E-state index >= 15 is 0 Å². The number of carbonyl (C=O) groups is 1. The summed E-state index contributed by atoms with van der Waals surface area (Å²) in [7, 11) is 1.88. The van der Waals surface area contributed by atoms with E-state index in [1.807, 2.05) is 25.7 Å². The highest BCUT2D eigenvalue weighted by atomic mass is 32.2. The normalized spacial score (nSPS) is 20.6. The second kappa shape index (κ2) is 6.80. The number of ether oxygens (including phenoxy) is 1. The summed E-state index contributed by atoms with van der Waals surface area (Å²) in [6.07, 6.45) is 2.27. The van der Waals surface area contributed by atoms with Crippen LogP contribution in [0.15, 0.2) is 0 Å². The van der Waals surface area contributed by atoms with E-state index in [0.29, 0.717) is 23.7 Å². The van der Waals surface area contributed by atoms with Gasteiger partial charge in [-0.1, -0.05) is 20.8 Å². The first kappa shape index (κ1) is 15.8. The molecule has 0 saturated heterocycles. The Hall–Kier alpha value is -0.220. The number of hydrogen-bond donors (Lipinski definition) is 1. The van der Waals surface area contributed by atoms with E-state index in [-0.39, 0.29) is 5.97 Å². The molecule has 0 aromatic carbocycles. The Labute approximate surface area is 115 Å². The molecule has 1 N–H and O–H groups in total. The van der Waals surface area contributed by atoms with Crippen molar-refractivity contribution >= 4 is 17.7 Å². The molecule has 0 bridgehead atoms. The molecule has 0 spiro atoms. The molecular weight excluding hydrogens is 246 g/mol. The van der Waals surface area contributed by atoms with Crippen molar-refractivity contribution in [1.29, 1.82) is 0 Å². The van der Waals surface area contributed by atoms with Crippen molar-refractivity contribution in [2.75, 3.05) is 19.4 Å². The summed E-state index contributed by atoms with van der Waals surface area (Å²) < 4.78 is 5.28. The molecule has 1 aliphatic carbocycles. The molecule has 0 radical (unpaired) electrons. The molecule has 0 aromatic heterocycles. The van der Waals surface area contributed by atoms with Crippen molar-refractivity contribution in [1.82, 2.24) is 5.32 Å². The van der Waals surface area contributed by atoms with Gasteiger partial charge in [0.15, 0.2) is 0 Å². The third-order valence-electron chi connectivity index (χ3n) is 3.87. The molecule has 1 saturated carbocycles. The molecule has 18 heavy (non-hydrogen) atoms. The van der Waals surface area contributed by atoms with Crippen LogP contribution < -0.4 is 5.32 Å². The largest absolute Gasteiger partial charge is 0.465 e. The fourth-order valence-electron chi connectivity index (χ4n) is 2.01. The molecule has 1 aliphatic rings. The van der Waals surface area contributed by atoms with Crippen LogP contribution in [-0.4, -0.2) is 36.2 Å². The summed E-state index contributed by atoms with van der Waals surface area (Å²) in [5.41, 5.74) is -0.468. The lowest BCUT2D eigenvalue weighted by Gasteiger charge is -2.32. The number of thioether (sulfide) groups is 1. The van der Waals surface area contributed by atoms with Crippen molar-refractivity contribution in [3.05, 3.63) is 0 Å². The van der Waals surface area contributed by atoms with Crippen molar-refractivity contribution in [3.8, 4) is 0 Å². The van der Waals surface area contributed by atoms with E-state index in [2.05, 4.69) is 26.1 Å². The molecule has 3 nitrogen and oxygen atoms in total. The van der Waals surface area contributed by atoms with Crippen LogP contribution in [0.3, 0.4) is 0 Å². The topological polar surface area (TPSA) is 38.3 Å². The fraction of sp³-hybridized carbons (Fsp3) is 0.929. The minimum absolute atomic E-state index is 0.0709. The van der Waals surface area contributed by atoms with Crippen LogP contribution in [0.25, 0.3) is 0 Å². The van der Waals surface area contributed by atoms with E-state index in [0.717, 1.165) is 18.6 Å². The SMILES string of the molecule is CCOC(=O)C(CSC(C)C(C)C)(NC)C1CC1. The van der Waals surface area contributed by atoms with Gasteiger partial charge in [0.1, 0.15) is 5.54 Å². The van der Waals surface area contributed by atoms with Crippen LogP contribution in [0.2, 0.25) is 0 Å². The first-order valence-corrected chi connectivity index (χ1v) is 8.00. The maximum atomic E-state index is 12.3. The van der Waals surface area contributed by atoms with Gasteiger partial charge in [-0.05, 0) is 38.6 Å². The van der Waals surface area contributed by atoms with Crippen LogP contribution in [0, 0.1) is 11.8 Å². The van der Waals surface area contributed by atoms with Crippen LogP contribution in [0.4, 0.5) is 0 Å². The zero-order valence-electron chi connectivity index (χ0n) is 12.3. The molecule has 0 heterocycles. The van der Waals surface area contributed by atoms with Gasteiger partial charge < -0.3 is 10.1 Å². The van der Waals surface area contributed by atoms with Crippen molar-refractivity contribution in [2.24, 2.45) is 11.8 Å². The Kier molecular flexibility index (Phi) is 5.99. The van der Waals surface area contributed by atoms with Crippen LogP contribution in [0.5, 0.6) is 0 Å². The number of esters is 1. The highest BCUT2D eigenvalue weighted by Crippen LogP contribution is 2.42. The summed E-state index contributed by atoms with van der Waals surface area (Å²) in [5, 5.41) is 3.82. The molecule has 0 aliphatic heterocycles. The summed E-state index contributed by atoms with van der Waals surface area (Å²) >= 11 is 1.88. The van der Waals surface area contributed by atoms with Gasteiger partial charge in [0.25, 0.3) is 0 Å². The zero-order valence-corrected chi connectivity index (χ0v) is 13.1. The van der Waals surface area contributed by atoms with Crippen LogP contribution >= 0.6 is 11.8 Å². The number of rotatable bonds is 8. The maximum Gasteiger partial charge on any atom is 0.327 e. The van der Waals surface area contributed by atoms with Gasteiger partial charge in [-0.25, -0.2) is 0 Å². The average Bonchev–Trinajstić information content (AvgIpc) is 3.15. The van der Waals surface area contributed by atoms with Gasteiger partial charge in [0.2, 0.25) is 0 Å². The minimum atomic E-state index is -0.468. The van der Waals surface area contributed by atoms with Crippen LogP contribution in [-0.2, 0) is 9.53 Å². The standard InChI is InChI=1S/C14H27NO2S/c1-6-17-13(16)14(15-5,12-7-8-12)9-18-11(4)10(2)3/h10-12,15H,6-9H2,1-5H3. The predicted molar refractivity (Wildman–Crippen MR) is 77.9 cm³/mol. The van der Waals surface area contributed by atoms with E-state index in [9.17, 15) is 4.79 Å². The van der Waals surface area contributed by atoms with Crippen molar-refractivity contribution in [2.45, 2.75) is 51.3 Å². The molecule has 2 atom stereocenters. The van der Waals surface area contributed by atoms with Gasteiger partial charge in [0, 0.05) is 11.0 Å². The Morgan fingerprint density at radius 2 is 2.06 bits per heavy atom. The quantitative estimate of drug-likeness (QED) is 0.690. The highest BCUT2D eigenvalue weighted by molar-refractivity contribution is 8.00. The average molecular weight is 273 g/mol. The zero-order chi connectivity index (χ0) is 13.8. The smallest absolute Gasteiger partial charge is 0.327 e. The number of nitrogens with one attached hydrogen (secondary N) is 1.